The van der Waals surface area contributed by atoms with Crippen LogP contribution in [0.2, 0.25) is 0 Å². The van der Waals surface area contributed by atoms with E-state index >= 15 is 0 Å². The largest absolute Gasteiger partial charge is 0.382 e. The Kier molecular flexibility index (Phi) is 4.55. The van der Waals surface area contributed by atoms with Gasteiger partial charge in [-0.25, -0.2) is 9.97 Å². The first kappa shape index (κ1) is 13.3. The lowest BCUT2D eigenvalue weighted by molar-refractivity contribution is 0.141. The average Bonchev–Trinajstić information content (AvgIpc) is 2.74. The van der Waals surface area contributed by atoms with E-state index in [9.17, 15) is 0 Å². The molecule has 0 saturated heterocycles. The first-order valence-corrected chi connectivity index (χ1v) is 6.75. The van der Waals surface area contributed by atoms with E-state index in [1.807, 2.05) is 26.1 Å². The summed E-state index contributed by atoms with van der Waals surface area (Å²) in [6.07, 6.45) is 2.76. The molecule has 0 aliphatic rings. The fraction of sp³-hybridized carbons (Fsp3) is 0.538. The molecular formula is C13H18ClN3O. The van der Waals surface area contributed by atoms with Gasteiger partial charge in [0.2, 0.25) is 0 Å². The highest BCUT2D eigenvalue weighted by molar-refractivity contribution is 6.16. The van der Waals surface area contributed by atoms with Crippen LogP contribution < -0.4 is 0 Å². The third kappa shape index (κ3) is 2.65. The summed E-state index contributed by atoms with van der Waals surface area (Å²) in [4.78, 5) is 8.97. The second-order valence-electron chi connectivity index (χ2n) is 4.16. The van der Waals surface area contributed by atoms with E-state index in [1.165, 1.54) is 0 Å². The second-order valence-corrected chi connectivity index (χ2v) is 4.43. The molecule has 2 aromatic heterocycles. The minimum Gasteiger partial charge on any atom is -0.382 e. The third-order valence-corrected chi connectivity index (χ3v) is 3.15. The number of fused-ring (bicyclic) bond motifs is 1. The van der Waals surface area contributed by atoms with Crippen LogP contribution in [0.15, 0.2) is 12.3 Å². The molecule has 0 fully saturated rings. The van der Waals surface area contributed by atoms with Crippen molar-refractivity contribution < 1.29 is 4.74 Å². The normalized spacial score (nSPS) is 11.3. The zero-order valence-electron chi connectivity index (χ0n) is 10.8. The molecule has 0 bridgehead atoms. The summed E-state index contributed by atoms with van der Waals surface area (Å²) >= 11 is 5.95. The van der Waals surface area contributed by atoms with Crippen molar-refractivity contribution in [3.63, 3.8) is 0 Å². The Bertz CT molecular complexity index is 524. The maximum absolute atomic E-state index is 5.95. The molecule has 0 radical (unpaired) electrons. The van der Waals surface area contributed by atoms with E-state index in [2.05, 4.69) is 14.5 Å². The molecular weight excluding hydrogens is 250 g/mol. The van der Waals surface area contributed by atoms with Gasteiger partial charge in [-0.2, -0.15) is 0 Å². The van der Waals surface area contributed by atoms with Crippen LogP contribution in [0.5, 0.6) is 0 Å². The Hall–Kier alpha value is -1.13. The van der Waals surface area contributed by atoms with Crippen molar-refractivity contribution in [2.75, 3.05) is 13.2 Å². The van der Waals surface area contributed by atoms with Crippen LogP contribution in [0, 0.1) is 6.92 Å². The van der Waals surface area contributed by atoms with Gasteiger partial charge in [-0.05, 0) is 31.9 Å². The number of hydrogen-bond acceptors (Lipinski definition) is 3. The van der Waals surface area contributed by atoms with E-state index in [0.29, 0.717) is 5.88 Å². The maximum atomic E-state index is 5.95. The monoisotopic (exact) mass is 267 g/mol. The number of imidazole rings is 1. The average molecular weight is 268 g/mol. The summed E-state index contributed by atoms with van der Waals surface area (Å²) in [6.45, 7) is 6.39. The van der Waals surface area contributed by atoms with Crippen molar-refractivity contribution in [3.8, 4) is 0 Å². The Morgan fingerprint density at radius 2 is 2.28 bits per heavy atom. The maximum Gasteiger partial charge on any atom is 0.160 e. The van der Waals surface area contributed by atoms with Crippen LogP contribution >= 0.6 is 11.6 Å². The van der Waals surface area contributed by atoms with E-state index in [1.54, 1.807) is 0 Å². The fourth-order valence-electron chi connectivity index (χ4n) is 1.99. The summed E-state index contributed by atoms with van der Waals surface area (Å²) in [7, 11) is 0. The van der Waals surface area contributed by atoms with Crippen molar-refractivity contribution >= 4 is 22.8 Å². The molecule has 2 heterocycles. The molecule has 0 aromatic carbocycles. The SMILES string of the molecule is CCOCCCn1c(CCl)nc2c(C)ccnc21. The van der Waals surface area contributed by atoms with E-state index < -0.39 is 0 Å². The van der Waals surface area contributed by atoms with Crippen LogP contribution in [-0.4, -0.2) is 27.7 Å². The number of ether oxygens (including phenoxy) is 1. The summed E-state index contributed by atoms with van der Waals surface area (Å²) < 4.78 is 7.45. The van der Waals surface area contributed by atoms with Crippen molar-refractivity contribution in [2.24, 2.45) is 0 Å². The first-order chi connectivity index (χ1) is 8.77. The zero-order valence-corrected chi connectivity index (χ0v) is 11.6. The van der Waals surface area contributed by atoms with E-state index in [0.717, 1.165) is 48.7 Å². The predicted octanol–water partition coefficient (Wildman–Crippen LogP) is 2.91. The highest BCUT2D eigenvalue weighted by Crippen LogP contribution is 2.18. The Morgan fingerprint density at radius 3 is 3.00 bits per heavy atom. The van der Waals surface area contributed by atoms with Gasteiger partial charge in [0.25, 0.3) is 0 Å². The molecule has 2 rings (SSSR count). The molecule has 0 amide bonds. The molecule has 18 heavy (non-hydrogen) atoms. The number of nitrogens with zero attached hydrogens (tertiary/aromatic N) is 3. The lowest BCUT2D eigenvalue weighted by Gasteiger charge is -2.07. The minimum absolute atomic E-state index is 0.407. The quantitative estimate of drug-likeness (QED) is 0.597. The fourth-order valence-corrected chi connectivity index (χ4v) is 2.19. The molecule has 5 heteroatoms. The molecule has 0 unspecified atom stereocenters. The zero-order chi connectivity index (χ0) is 13.0. The molecule has 0 aliphatic carbocycles. The highest BCUT2D eigenvalue weighted by atomic mass is 35.5. The number of hydrogen-bond donors (Lipinski definition) is 0. The number of halogens is 1. The van der Waals surface area contributed by atoms with Crippen LogP contribution in [0.4, 0.5) is 0 Å². The van der Waals surface area contributed by atoms with Gasteiger partial charge in [-0.3, -0.25) is 0 Å². The van der Waals surface area contributed by atoms with Crippen LogP contribution in [0.25, 0.3) is 11.2 Å². The van der Waals surface area contributed by atoms with Gasteiger partial charge < -0.3 is 9.30 Å². The van der Waals surface area contributed by atoms with Crippen LogP contribution in [0.3, 0.4) is 0 Å². The van der Waals surface area contributed by atoms with Crippen molar-refractivity contribution in [3.05, 3.63) is 23.7 Å². The van der Waals surface area contributed by atoms with Crippen molar-refractivity contribution in [1.82, 2.24) is 14.5 Å². The number of aryl methyl sites for hydroxylation is 2. The van der Waals surface area contributed by atoms with Crippen LogP contribution in [0.1, 0.15) is 24.7 Å². The number of alkyl halides is 1. The van der Waals surface area contributed by atoms with E-state index in [4.69, 9.17) is 16.3 Å². The molecule has 98 valence electrons. The summed E-state index contributed by atoms with van der Waals surface area (Å²) in [5.41, 5.74) is 3.00. The Morgan fingerprint density at radius 1 is 1.44 bits per heavy atom. The Balaban J connectivity index is 2.26. The van der Waals surface area contributed by atoms with Gasteiger partial charge in [0.1, 0.15) is 11.3 Å². The van der Waals surface area contributed by atoms with Gasteiger partial charge in [-0.15, -0.1) is 11.6 Å². The minimum atomic E-state index is 0.407. The van der Waals surface area contributed by atoms with Crippen molar-refractivity contribution in [2.45, 2.75) is 32.7 Å². The molecule has 0 spiro atoms. The van der Waals surface area contributed by atoms with Crippen molar-refractivity contribution in [1.29, 1.82) is 0 Å². The second kappa shape index (κ2) is 6.16. The standard InChI is InChI=1S/C13H18ClN3O/c1-3-18-8-4-7-17-11(9-14)16-12-10(2)5-6-15-13(12)17/h5-6H,3-4,7-9H2,1-2H3. The summed E-state index contributed by atoms with van der Waals surface area (Å²) in [5.74, 6) is 1.29. The highest BCUT2D eigenvalue weighted by Gasteiger charge is 2.12. The smallest absolute Gasteiger partial charge is 0.160 e. The van der Waals surface area contributed by atoms with Gasteiger partial charge in [-0.1, -0.05) is 0 Å². The van der Waals surface area contributed by atoms with Gasteiger partial charge in [0, 0.05) is 26.0 Å². The molecule has 0 saturated carbocycles. The Labute approximate surface area is 112 Å². The topological polar surface area (TPSA) is 39.9 Å². The predicted molar refractivity (Wildman–Crippen MR) is 72.9 cm³/mol. The molecule has 0 atom stereocenters. The number of aromatic nitrogens is 3. The van der Waals surface area contributed by atoms with E-state index in [-0.39, 0.29) is 0 Å². The lowest BCUT2D eigenvalue weighted by atomic mass is 10.3. The first-order valence-electron chi connectivity index (χ1n) is 6.22. The molecule has 0 N–H and O–H groups in total. The number of rotatable bonds is 6. The van der Waals surface area contributed by atoms with Gasteiger partial charge in [0.05, 0.1) is 5.88 Å². The third-order valence-electron chi connectivity index (χ3n) is 2.91. The van der Waals surface area contributed by atoms with Crippen LogP contribution in [-0.2, 0) is 17.2 Å². The number of pyridine rings is 1. The lowest BCUT2D eigenvalue weighted by Crippen LogP contribution is -2.06. The molecule has 2 aromatic rings. The molecule has 4 nitrogen and oxygen atoms in total. The summed E-state index contributed by atoms with van der Waals surface area (Å²) in [6, 6.07) is 1.97. The molecule has 0 aliphatic heterocycles. The van der Waals surface area contributed by atoms with Gasteiger partial charge in [0.15, 0.2) is 5.65 Å². The summed E-state index contributed by atoms with van der Waals surface area (Å²) in [5, 5.41) is 0. The van der Waals surface area contributed by atoms with Gasteiger partial charge >= 0.3 is 0 Å².